The molecule has 6 nitrogen and oxygen atoms in total. The number of aryl methyl sites for hydroxylation is 2. The van der Waals surface area contributed by atoms with Crippen molar-refractivity contribution in [2.45, 2.75) is 33.6 Å². The van der Waals surface area contributed by atoms with E-state index in [1.54, 1.807) is 18.9 Å². The van der Waals surface area contributed by atoms with Gasteiger partial charge in [0.25, 0.3) is 5.91 Å². The summed E-state index contributed by atoms with van der Waals surface area (Å²) in [6.45, 7) is 6.39. The summed E-state index contributed by atoms with van der Waals surface area (Å²) >= 11 is 0. The molecule has 124 valence electrons. The molecule has 0 aromatic carbocycles. The number of hydrogen-bond acceptors (Lipinski definition) is 4. The highest BCUT2D eigenvalue weighted by Gasteiger charge is 2.22. The molecule has 23 heavy (non-hydrogen) atoms. The molecule has 2 heterocycles. The Morgan fingerprint density at radius 2 is 2.04 bits per heavy atom. The van der Waals surface area contributed by atoms with Crippen molar-refractivity contribution in [2.24, 2.45) is 0 Å². The van der Waals surface area contributed by atoms with Crippen LogP contribution in [0.4, 0.5) is 0 Å². The van der Waals surface area contributed by atoms with E-state index in [0.717, 1.165) is 16.9 Å². The zero-order valence-electron chi connectivity index (χ0n) is 14.1. The van der Waals surface area contributed by atoms with Crippen molar-refractivity contribution < 1.29 is 14.3 Å². The van der Waals surface area contributed by atoms with E-state index in [9.17, 15) is 9.59 Å². The normalized spacial score (nSPS) is 10.8. The summed E-state index contributed by atoms with van der Waals surface area (Å²) in [6, 6.07) is 3.88. The Morgan fingerprint density at radius 3 is 2.70 bits per heavy atom. The fourth-order valence-corrected chi connectivity index (χ4v) is 2.45. The SMILES string of the molecule is CCOC(=O)CCN(C)C(=O)c1c(CC)nc2ccc(C)cn12. The largest absolute Gasteiger partial charge is 0.466 e. The predicted molar refractivity (Wildman–Crippen MR) is 87.5 cm³/mol. The van der Waals surface area contributed by atoms with Gasteiger partial charge >= 0.3 is 5.97 Å². The Kier molecular flexibility index (Phi) is 5.36. The zero-order chi connectivity index (χ0) is 17.0. The summed E-state index contributed by atoms with van der Waals surface area (Å²) in [5.74, 6) is -0.430. The smallest absolute Gasteiger partial charge is 0.307 e. The van der Waals surface area contributed by atoms with Gasteiger partial charge in [-0.3, -0.25) is 14.0 Å². The van der Waals surface area contributed by atoms with Gasteiger partial charge in [-0.05, 0) is 31.9 Å². The number of amides is 1. The molecule has 0 saturated carbocycles. The lowest BCUT2D eigenvalue weighted by Gasteiger charge is -2.17. The molecule has 0 radical (unpaired) electrons. The molecule has 2 rings (SSSR count). The van der Waals surface area contributed by atoms with Crippen LogP contribution in [-0.4, -0.2) is 46.4 Å². The third-order valence-electron chi connectivity index (χ3n) is 3.68. The van der Waals surface area contributed by atoms with Crippen LogP contribution in [0.3, 0.4) is 0 Å². The molecule has 2 aromatic rings. The molecular weight excluding hydrogens is 294 g/mol. The number of pyridine rings is 1. The Labute approximate surface area is 136 Å². The lowest BCUT2D eigenvalue weighted by Crippen LogP contribution is -2.31. The van der Waals surface area contributed by atoms with Gasteiger partial charge in [-0.2, -0.15) is 0 Å². The average molecular weight is 317 g/mol. The first-order valence-corrected chi connectivity index (χ1v) is 7.86. The van der Waals surface area contributed by atoms with Crippen molar-refractivity contribution in [3.63, 3.8) is 0 Å². The molecule has 0 spiro atoms. The van der Waals surface area contributed by atoms with Crippen molar-refractivity contribution in [3.05, 3.63) is 35.3 Å². The van der Waals surface area contributed by atoms with Crippen LogP contribution in [0.5, 0.6) is 0 Å². The molecule has 0 N–H and O–H groups in total. The molecule has 0 bridgehead atoms. The highest BCUT2D eigenvalue weighted by atomic mass is 16.5. The number of fused-ring (bicyclic) bond motifs is 1. The molecule has 0 atom stereocenters. The minimum absolute atomic E-state index is 0.135. The summed E-state index contributed by atoms with van der Waals surface area (Å²) in [5, 5.41) is 0. The number of carbonyl (C=O) groups is 2. The fraction of sp³-hybridized carbons (Fsp3) is 0.471. The fourth-order valence-electron chi connectivity index (χ4n) is 2.45. The topological polar surface area (TPSA) is 63.9 Å². The minimum Gasteiger partial charge on any atom is -0.466 e. The number of esters is 1. The van der Waals surface area contributed by atoms with Crippen molar-refractivity contribution in [1.82, 2.24) is 14.3 Å². The Bertz CT molecular complexity index is 721. The van der Waals surface area contributed by atoms with Gasteiger partial charge in [0.1, 0.15) is 11.3 Å². The van der Waals surface area contributed by atoms with Crippen LogP contribution in [-0.2, 0) is 16.0 Å². The van der Waals surface area contributed by atoms with E-state index in [-0.39, 0.29) is 18.3 Å². The van der Waals surface area contributed by atoms with Gasteiger partial charge in [0.15, 0.2) is 0 Å². The quantitative estimate of drug-likeness (QED) is 0.766. The van der Waals surface area contributed by atoms with Crippen molar-refractivity contribution in [1.29, 1.82) is 0 Å². The first kappa shape index (κ1) is 17.0. The van der Waals surface area contributed by atoms with Crippen molar-refractivity contribution in [2.75, 3.05) is 20.2 Å². The van der Waals surface area contributed by atoms with E-state index in [0.29, 0.717) is 25.3 Å². The second kappa shape index (κ2) is 7.26. The van der Waals surface area contributed by atoms with Gasteiger partial charge in [-0.25, -0.2) is 4.98 Å². The number of nitrogens with zero attached hydrogens (tertiary/aromatic N) is 3. The molecular formula is C17H23N3O3. The highest BCUT2D eigenvalue weighted by Crippen LogP contribution is 2.16. The van der Waals surface area contributed by atoms with Crippen LogP contribution < -0.4 is 0 Å². The third kappa shape index (κ3) is 3.70. The monoisotopic (exact) mass is 317 g/mol. The molecule has 0 fully saturated rings. The summed E-state index contributed by atoms with van der Waals surface area (Å²) in [4.78, 5) is 30.3. The van der Waals surface area contributed by atoms with E-state index in [4.69, 9.17) is 4.74 Å². The third-order valence-corrected chi connectivity index (χ3v) is 3.68. The Balaban J connectivity index is 2.25. The van der Waals surface area contributed by atoms with E-state index in [1.807, 2.05) is 36.6 Å². The number of hydrogen-bond donors (Lipinski definition) is 0. The van der Waals surface area contributed by atoms with E-state index < -0.39 is 0 Å². The van der Waals surface area contributed by atoms with Gasteiger partial charge in [0.05, 0.1) is 18.7 Å². The predicted octanol–water partition coefficient (Wildman–Crippen LogP) is 2.23. The molecule has 0 aliphatic rings. The van der Waals surface area contributed by atoms with E-state index in [1.165, 1.54) is 0 Å². The number of imidazole rings is 1. The van der Waals surface area contributed by atoms with E-state index >= 15 is 0 Å². The van der Waals surface area contributed by atoms with Gasteiger partial charge in [-0.15, -0.1) is 0 Å². The zero-order valence-corrected chi connectivity index (χ0v) is 14.1. The number of ether oxygens (including phenoxy) is 1. The van der Waals surface area contributed by atoms with Crippen molar-refractivity contribution >= 4 is 17.5 Å². The molecule has 0 saturated heterocycles. The maximum Gasteiger partial charge on any atom is 0.307 e. The summed E-state index contributed by atoms with van der Waals surface area (Å²) < 4.78 is 6.73. The first-order chi connectivity index (χ1) is 11.0. The van der Waals surface area contributed by atoms with E-state index in [2.05, 4.69) is 4.98 Å². The number of rotatable bonds is 6. The highest BCUT2D eigenvalue weighted by molar-refractivity contribution is 5.94. The number of aromatic nitrogens is 2. The second-order valence-electron chi connectivity index (χ2n) is 5.48. The molecule has 0 aliphatic carbocycles. The van der Waals surface area contributed by atoms with Crippen LogP contribution in [0.1, 0.15) is 42.0 Å². The lowest BCUT2D eigenvalue weighted by molar-refractivity contribution is -0.143. The minimum atomic E-state index is -0.295. The molecule has 2 aromatic heterocycles. The van der Waals surface area contributed by atoms with Crippen LogP contribution in [0.2, 0.25) is 0 Å². The van der Waals surface area contributed by atoms with Crippen LogP contribution in [0, 0.1) is 6.92 Å². The maximum atomic E-state index is 12.8. The Morgan fingerprint density at radius 1 is 1.30 bits per heavy atom. The average Bonchev–Trinajstić information content (AvgIpc) is 2.89. The summed E-state index contributed by atoms with van der Waals surface area (Å²) in [7, 11) is 1.69. The van der Waals surface area contributed by atoms with Gasteiger partial charge in [0.2, 0.25) is 0 Å². The van der Waals surface area contributed by atoms with Gasteiger partial charge in [-0.1, -0.05) is 13.0 Å². The number of carbonyl (C=O) groups excluding carboxylic acids is 2. The van der Waals surface area contributed by atoms with Gasteiger partial charge in [0, 0.05) is 19.8 Å². The standard InChI is InChI=1S/C17H23N3O3/c1-5-13-16(20-11-12(3)7-8-14(20)18-13)17(22)19(4)10-9-15(21)23-6-2/h7-8,11H,5-6,9-10H2,1-4H3. The molecule has 1 amide bonds. The molecule has 6 heteroatoms. The van der Waals surface area contributed by atoms with Crippen molar-refractivity contribution in [3.8, 4) is 0 Å². The first-order valence-electron chi connectivity index (χ1n) is 7.86. The van der Waals surface area contributed by atoms with Crippen LogP contribution in [0.15, 0.2) is 18.3 Å². The maximum absolute atomic E-state index is 12.8. The molecule has 0 unspecified atom stereocenters. The van der Waals surface area contributed by atoms with Crippen LogP contribution in [0.25, 0.3) is 5.65 Å². The Hall–Kier alpha value is -2.37. The molecule has 0 aliphatic heterocycles. The summed E-state index contributed by atoms with van der Waals surface area (Å²) in [6.07, 6.45) is 2.77. The van der Waals surface area contributed by atoms with Gasteiger partial charge < -0.3 is 9.64 Å². The van der Waals surface area contributed by atoms with Crippen LogP contribution >= 0.6 is 0 Å². The second-order valence-corrected chi connectivity index (χ2v) is 5.48. The summed E-state index contributed by atoms with van der Waals surface area (Å²) in [5.41, 5.74) is 3.15. The lowest BCUT2D eigenvalue weighted by atomic mass is 10.2.